The van der Waals surface area contributed by atoms with Crippen molar-refractivity contribution < 1.29 is 9.47 Å². The lowest BCUT2D eigenvalue weighted by Gasteiger charge is -2.26. The summed E-state index contributed by atoms with van der Waals surface area (Å²) in [7, 11) is 0. The van der Waals surface area contributed by atoms with Crippen LogP contribution in [0.15, 0.2) is 22.2 Å². The van der Waals surface area contributed by atoms with E-state index in [-0.39, 0.29) is 5.90 Å². The van der Waals surface area contributed by atoms with E-state index in [2.05, 4.69) is 41.6 Å². The Morgan fingerprint density at radius 3 is 3.00 bits per heavy atom. The normalized spacial score (nSPS) is 20.7. The number of nitrogens with one attached hydrogen (secondary N) is 3. The van der Waals surface area contributed by atoms with E-state index < -0.39 is 0 Å². The molecule has 4 rings (SSSR count). The summed E-state index contributed by atoms with van der Waals surface area (Å²) < 4.78 is 13.6. The molecule has 0 spiro atoms. The van der Waals surface area contributed by atoms with E-state index >= 15 is 0 Å². The van der Waals surface area contributed by atoms with Crippen LogP contribution in [0.5, 0.6) is 0 Å². The van der Waals surface area contributed by atoms with Gasteiger partial charge in [0.15, 0.2) is 5.65 Å². The molecule has 27 heavy (non-hydrogen) atoms. The molecule has 0 saturated carbocycles. The van der Waals surface area contributed by atoms with Crippen molar-refractivity contribution in [2.24, 2.45) is 0 Å². The van der Waals surface area contributed by atoms with Gasteiger partial charge in [0.05, 0.1) is 12.0 Å². The number of hydrogen-bond acceptors (Lipinski definition) is 8. The zero-order chi connectivity index (χ0) is 18.8. The van der Waals surface area contributed by atoms with Gasteiger partial charge in [-0.05, 0) is 35.7 Å². The third kappa shape index (κ3) is 3.91. The highest BCUT2D eigenvalue weighted by Gasteiger charge is 2.20. The molecule has 0 atom stereocenters. The SMILES string of the molecule is C/C(NC1CCOCC1)=C1\Nc2ncc3c(Br)nn(c3n2)CCCOC1=N. The molecule has 144 valence electrons. The monoisotopic (exact) mass is 435 g/mol. The van der Waals surface area contributed by atoms with Crippen LogP contribution < -0.4 is 10.6 Å². The van der Waals surface area contributed by atoms with Crippen LogP contribution in [-0.2, 0) is 16.0 Å². The Morgan fingerprint density at radius 2 is 2.19 bits per heavy atom. The molecule has 0 unspecified atom stereocenters. The number of aryl methyl sites for hydroxylation is 1. The van der Waals surface area contributed by atoms with E-state index in [4.69, 9.17) is 14.9 Å². The average Bonchev–Trinajstić information content (AvgIpc) is 2.98. The molecule has 2 aromatic rings. The molecule has 2 aliphatic heterocycles. The summed E-state index contributed by atoms with van der Waals surface area (Å²) >= 11 is 3.46. The van der Waals surface area contributed by atoms with Crippen LogP contribution in [0, 0.1) is 5.41 Å². The topological polar surface area (TPSA) is 110 Å². The van der Waals surface area contributed by atoms with Crippen LogP contribution in [-0.4, -0.2) is 51.5 Å². The number of allylic oxidation sites excluding steroid dienone is 1. The van der Waals surface area contributed by atoms with Crippen LogP contribution in [0.3, 0.4) is 0 Å². The predicted molar refractivity (Wildman–Crippen MR) is 105 cm³/mol. The Morgan fingerprint density at radius 1 is 1.37 bits per heavy atom. The molecule has 10 heteroatoms. The van der Waals surface area contributed by atoms with Gasteiger partial charge in [0.2, 0.25) is 11.8 Å². The second kappa shape index (κ2) is 7.81. The smallest absolute Gasteiger partial charge is 0.232 e. The Kier molecular flexibility index (Phi) is 5.26. The Balaban J connectivity index is 1.67. The number of halogens is 1. The molecule has 0 radical (unpaired) electrons. The number of aromatic nitrogens is 4. The molecule has 0 aliphatic carbocycles. The minimum Gasteiger partial charge on any atom is -0.476 e. The number of ether oxygens (including phenoxy) is 2. The molecule has 1 fully saturated rings. The van der Waals surface area contributed by atoms with Gasteiger partial charge in [0.25, 0.3) is 0 Å². The van der Waals surface area contributed by atoms with Crippen LogP contribution in [0.1, 0.15) is 26.2 Å². The zero-order valence-corrected chi connectivity index (χ0v) is 16.7. The van der Waals surface area contributed by atoms with Gasteiger partial charge in [0.1, 0.15) is 10.3 Å². The number of anilines is 1. The van der Waals surface area contributed by atoms with Crippen molar-refractivity contribution in [1.29, 1.82) is 5.41 Å². The third-order valence-electron chi connectivity index (χ3n) is 4.69. The number of hydrogen-bond donors (Lipinski definition) is 3. The Bertz CT molecular complexity index is 889. The quantitative estimate of drug-likeness (QED) is 0.663. The Hall–Kier alpha value is -2.20. The molecule has 0 amide bonds. The van der Waals surface area contributed by atoms with Crippen LogP contribution in [0.2, 0.25) is 0 Å². The maximum atomic E-state index is 8.37. The second-order valence-corrected chi connectivity index (χ2v) is 7.38. The van der Waals surface area contributed by atoms with Crippen molar-refractivity contribution in [2.45, 2.75) is 38.8 Å². The molecule has 1 saturated heterocycles. The van der Waals surface area contributed by atoms with Gasteiger partial charge in [-0.25, -0.2) is 9.67 Å². The van der Waals surface area contributed by atoms with Gasteiger partial charge in [0, 0.05) is 44.1 Å². The zero-order valence-electron chi connectivity index (χ0n) is 15.1. The van der Waals surface area contributed by atoms with Crippen LogP contribution in [0.4, 0.5) is 5.95 Å². The van der Waals surface area contributed by atoms with E-state index in [1.54, 1.807) is 6.20 Å². The second-order valence-electron chi connectivity index (χ2n) is 6.63. The molecule has 0 aromatic carbocycles. The Labute approximate surface area is 165 Å². The molecule has 3 N–H and O–H groups in total. The fraction of sp³-hybridized carbons (Fsp3) is 0.529. The highest BCUT2D eigenvalue weighted by molar-refractivity contribution is 9.10. The van der Waals surface area contributed by atoms with Crippen LogP contribution >= 0.6 is 15.9 Å². The first-order valence-corrected chi connectivity index (χ1v) is 9.84. The maximum Gasteiger partial charge on any atom is 0.232 e. The summed E-state index contributed by atoms with van der Waals surface area (Å²) in [6, 6.07) is 0.319. The van der Waals surface area contributed by atoms with Crippen molar-refractivity contribution in [3.8, 4) is 0 Å². The maximum absolute atomic E-state index is 8.37. The van der Waals surface area contributed by atoms with Crippen molar-refractivity contribution >= 4 is 38.8 Å². The molecule has 9 nitrogen and oxygen atoms in total. The highest BCUT2D eigenvalue weighted by Crippen LogP contribution is 2.23. The third-order valence-corrected chi connectivity index (χ3v) is 5.27. The molecule has 2 bridgehead atoms. The summed E-state index contributed by atoms with van der Waals surface area (Å²) in [5.41, 5.74) is 2.14. The van der Waals surface area contributed by atoms with E-state index in [9.17, 15) is 0 Å². The van der Waals surface area contributed by atoms with Gasteiger partial charge in [-0.15, -0.1) is 0 Å². The van der Waals surface area contributed by atoms with E-state index in [1.807, 2.05) is 11.6 Å². The minimum absolute atomic E-state index is 0.0801. The first-order valence-electron chi connectivity index (χ1n) is 9.05. The standard InChI is InChI=1S/C17H22BrN7O2/c1-10(21-11-3-7-26-8-4-11)13-15(19)27-6-2-5-25-16-12(14(18)24-25)9-20-17(22-13)23-16/h9,11,19,21H,2-8H2,1H3,(H,20,22,23)/b13-10+,19-15?. The lowest BCUT2D eigenvalue weighted by atomic mass is 10.1. The molecule has 2 aromatic heterocycles. The molecule has 4 heterocycles. The summed E-state index contributed by atoms with van der Waals surface area (Å²) in [6.45, 7) is 4.52. The van der Waals surface area contributed by atoms with Crippen molar-refractivity contribution in [1.82, 2.24) is 25.1 Å². The molecular weight excluding hydrogens is 414 g/mol. The largest absolute Gasteiger partial charge is 0.476 e. The number of fused-ring (bicyclic) bond motifs is 1. The van der Waals surface area contributed by atoms with Gasteiger partial charge >= 0.3 is 0 Å². The summed E-state index contributed by atoms with van der Waals surface area (Å²) in [4.78, 5) is 8.99. The first kappa shape index (κ1) is 18.2. The lowest BCUT2D eigenvalue weighted by molar-refractivity contribution is 0.0803. The van der Waals surface area contributed by atoms with Crippen molar-refractivity contribution in [3.63, 3.8) is 0 Å². The highest BCUT2D eigenvalue weighted by atomic mass is 79.9. The summed E-state index contributed by atoms with van der Waals surface area (Å²) in [5.74, 6) is 0.492. The summed E-state index contributed by atoms with van der Waals surface area (Å²) in [5, 5.41) is 20.3. The van der Waals surface area contributed by atoms with Crippen molar-refractivity contribution in [2.75, 3.05) is 25.1 Å². The average molecular weight is 436 g/mol. The minimum atomic E-state index is 0.0801. The first-order chi connectivity index (χ1) is 13.1. The van der Waals surface area contributed by atoms with E-state index in [1.165, 1.54) is 0 Å². The van der Waals surface area contributed by atoms with Gasteiger partial charge in [-0.2, -0.15) is 10.1 Å². The number of rotatable bonds is 2. The van der Waals surface area contributed by atoms with Gasteiger partial charge < -0.3 is 20.1 Å². The molecular formula is C17H22BrN7O2. The van der Waals surface area contributed by atoms with Crippen LogP contribution in [0.25, 0.3) is 11.0 Å². The fourth-order valence-corrected chi connectivity index (χ4v) is 3.72. The van der Waals surface area contributed by atoms with Crippen molar-refractivity contribution in [3.05, 3.63) is 22.2 Å². The fourth-order valence-electron chi connectivity index (χ4n) is 3.25. The predicted octanol–water partition coefficient (Wildman–Crippen LogP) is 2.40. The van der Waals surface area contributed by atoms with E-state index in [0.717, 1.165) is 53.8 Å². The molecule has 2 aliphatic rings. The van der Waals surface area contributed by atoms with E-state index in [0.29, 0.717) is 30.8 Å². The van der Waals surface area contributed by atoms with Gasteiger partial charge in [-0.1, -0.05) is 0 Å². The number of nitrogens with zero attached hydrogens (tertiary/aromatic N) is 4. The lowest BCUT2D eigenvalue weighted by Crippen LogP contribution is -2.35. The van der Waals surface area contributed by atoms with Gasteiger partial charge in [-0.3, -0.25) is 5.41 Å². The summed E-state index contributed by atoms with van der Waals surface area (Å²) in [6.07, 6.45) is 4.34.